The summed E-state index contributed by atoms with van der Waals surface area (Å²) in [4.78, 5) is 15.7. The van der Waals surface area contributed by atoms with Crippen LogP contribution in [0.5, 0.6) is 5.75 Å². The first-order valence-corrected chi connectivity index (χ1v) is 4.15. The van der Waals surface area contributed by atoms with Gasteiger partial charge in [-0.15, -0.1) is 0 Å². The Morgan fingerprint density at radius 3 is 3.13 bits per heavy atom. The Balaban J connectivity index is 2.68. The maximum absolute atomic E-state index is 10.8. The lowest BCUT2D eigenvalue weighted by Crippen LogP contribution is -2.03. The van der Waals surface area contributed by atoms with Crippen molar-refractivity contribution in [3.8, 4) is 17.6 Å². The molecule has 0 unspecified atom stereocenters. The van der Waals surface area contributed by atoms with Gasteiger partial charge in [-0.05, 0) is 5.53 Å². The zero-order valence-electron chi connectivity index (χ0n) is 7.77. The number of aromatic nitrogens is 1. The second kappa shape index (κ2) is 5.37. The third kappa shape index (κ3) is 3.46. The van der Waals surface area contributed by atoms with Crippen molar-refractivity contribution in [2.24, 2.45) is 5.11 Å². The molecular formula is C9H8N4O2. The quantitative estimate of drug-likeness (QED) is 0.248. The molecule has 0 atom stereocenters. The van der Waals surface area contributed by atoms with Crippen LogP contribution in [0, 0.1) is 11.8 Å². The highest BCUT2D eigenvalue weighted by Crippen LogP contribution is 2.01. The molecule has 0 aliphatic rings. The van der Waals surface area contributed by atoms with Crippen molar-refractivity contribution in [3.05, 3.63) is 38.6 Å². The van der Waals surface area contributed by atoms with E-state index in [-0.39, 0.29) is 5.75 Å². The molecule has 1 heterocycles. The molecular weight excluding hydrogens is 196 g/mol. The van der Waals surface area contributed by atoms with Gasteiger partial charge in [0.2, 0.25) is 0 Å². The molecule has 0 aromatic carbocycles. The van der Waals surface area contributed by atoms with Crippen molar-refractivity contribution < 1.29 is 5.11 Å². The van der Waals surface area contributed by atoms with E-state index in [4.69, 9.17) is 10.6 Å². The fraction of sp³-hybridized carbons (Fsp3) is 0.222. The van der Waals surface area contributed by atoms with Crippen molar-refractivity contribution >= 4 is 0 Å². The van der Waals surface area contributed by atoms with Crippen molar-refractivity contribution in [1.29, 1.82) is 0 Å². The Hall–Kier alpha value is -2.38. The average Bonchev–Trinajstić information content (AvgIpc) is 2.23. The Morgan fingerprint density at radius 2 is 2.47 bits per heavy atom. The van der Waals surface area contributed by atoms with E-state index in [1.165, 1.54) is 12.3 Å². The molecule has 6 nitrogen and oxygen atoms in total. The Morgan fingerprint density at radius 1 is 1.67 bits per heavy atom. The first-order valence-electron chi connectivity index (χ1n) is 4.15. The standard InChI is InChI=1S/C9H8N4O2/c10-13-12-4-2-1-3-7-5-8(14)9(15)11-6-7/h5-6,14H,2,4H2,(H,11,15). The topological polar surface area (TPSA) is 102 Å². The molecule has 1 aromatic rings. The first kappa shape index (κ1) is 10.7. The number of nitrogens with one attached hydrogen (secondary N) is 1. The van der Waals surface area contributed by atoms with E-state index < -0.39 is 5.56 Å². The van der Waals surface area contributed by atoms with Crippen molar-refractivity contribution in [3.63, 3.8) is 0 Å². The molecule has 1 rings (SSSR count). The van der Waals surface area contributed by atoms with Gasteiger partial charge in [-0.2, -0.15) is 0 Å². The molecule has 0 saturated heterocycles. The molecule has 0 aliphatic heterocycles. The average molecular weight is 204 g/mol. The zero-order valence-corrected chi connectivity index (χ0v) is 7.77. The number of aromatic amines is 1. The van der Waals surface area contributed by atoms with E-state index in [1.807, 2.05) is 0 Å². The van der Waals surface area contributed by atoms with E-state index in [9.17, 15) is 4.79 Å². The monoisotopic (exact) mass is 204 g/mol. The molecule has 0 aliphatic carbocycles. The number of azide groups is 1. The maximum atomic E-state index is 10.8. The lowest BCUT2D eigenvalue weighted by Gasteiger charge is -1.90. The number of hydrogen-bond acceptors (Lipinski definition) is 3. The normalized spacial score (nSPS) is 8.53. The summed E-state index contributed by atoms with van der Waals surface area (Å²) < 4.78 is 0. The second-order valence-corrected chi connectivity index (χ2v) is 2.61. The van der Waals surface area contributed by atoms with Crippen LogP contribution >= 0.6 is 0 Å². The highest BCUT2D eigenvalue weighted by atomic mass is 16.3. The van der Waals surface area contributed by atoms with Crippen LogP contribution < -0.4 is 5.56 Å². The zero-order chi connectivity index (χ0) is 11.1. The van der Waals surface area contributed by atoms with E-state index in [0.717, 1.165) is 0 Å². The van der Waals surface area contributed by atoms with Gasteiger partial charge in [0.15, 0.2) is 5.75 Å². The van der Waals surface area contributed by atoms with Gasteiger partial charge in [-0.25, -0.2) is 0 Å². The largest absolute Gasteiger partial charge is 0.503 e. The molecule has 0 amide bonds. The van der Waals surface area contributed by atoms with Gasteiger partial charge in [-0.3, -0.25) is 4.79 Å². The van der Waals surface area contributed by atoms with E-state index in [1.54, 1.807) is 0 Å². The van der Waals surface area contributed by atoms with Gasteiger partial charge >= 0.3 is 0 Å². The van der Waals surface area contributed by atoms with Gasteiger partial charge in [0.25, 0.3) is 5.56 Å². The summed E-state index contributed by atoms with van der Waals surface area (Å²) in [5.74, 6) is 5.08. The number of aromatic hydroxyl groups is 1. The third-order valence-electron chi connectivity index (χ3n) is 1.52. The molecule has 2 N–H and O–H groups in total. The number of H-pyrrole nitrogens is 1. The maximum Gasteiger partial charge on any atom is 0.290 e. The fourth-order valence-electron chi connectivity index (χ4n) is 0.859. The van der Waals surface area contributed by atoms with Gasteiger partial charge < -0.3 is 10.1 Å². The minimum absolute atomic E-state index is 0.304. The SMILES string of the molecule is [N-]=[N+]=NCCC#Cc1c[nH]c(=O)c(O)c1. The molecule has 6 heteroatoms. The lowest BCUT2D eigenvalue weighted by molar-refractivity contribution is 0.466. The molecule has 0 bridgehead atoms. The Kier molecular flexibility index (Phi) is 3.83. The predicted molar refractivity (Wildman–Crippen MR) is 54.2 cm³/mol. The molecule has 1 aromatic heterocycles. The summed E-state index contributed by atoms with van der Waals surface area (Å²) in [5, 5.41) is 12.4. The fourth-order valence-corrected chi connectivity index (χ4v) is 0.859. The third-order valence-corrected chi connectivity index (χ3v) is 1.52. The minimum Gasteiger partial charge on any atom is -0.503 e. The van der Waals surface area contributed by atoms with Gasteiger partial charge in [-0.1, -0.05) is 17.0 Å². The highest BCUT2D eigenvalue weighted by molar-refractivity contribution is 5.36. The van der Waals surface area contributed by atoms with E-state index in [2.05, 4.69) is 26.9 Å². The Bertz CT molecular complexity index is 503. The van der Waals surface area contributed by atoms with Crippen LogP contribution in [0.1, 0.15) is 12.0 Å². The van der Waals surface area contributed by atoms with Crippen LogP contribution in [-0.4, -0.2) is 16.6 Å². The highest BCUT2D eigenvalue weighted by Gasteiger charge is 1.95. The van der Waals surface area contributed by atoms with Crippen LogP contribution in [0.25, 0.3) is 10.4 Å². The lowest BCUT2D eigenvalue weighted by atomic mass is 10.2. The summed E-state index contributed by atoms with van der Waals surface area (Å²) >= 11 is 0. The van der Waals surface area contributed by atoms with Gasteiger partial charge in [0.1, 0.15) is 0 Å². The minimum atomic E-state index is -0.547. The first-order chi connectivity index (χ1) is 7.24. The smallest absolute Gasteiger partial charge is 0.290 e. The molecule has 15 heavy (non-hydrogen) atoms. The molecule has 0 spiro atoms. The second-order valence-electron chi connectivity index (χ2n) is 2.61. The summed E-state index contributed by atoms with van der Waals surface area (Å²) in [5.41, 5.74) is 7.95. The van der Waals surface area contributed by atoms with Crippen LogP contribution in [0.2, 0.25) is 0 Å². The summed E-state index contributed by atoms with van der Waals surface area (Å²) in [6, 6.07) is 1.28. The van der Waals surface area contributed by atoms with Gasteiger partial charge in [0.05, 0.1) is 0 Å². The van der Waals surface area contributed by atoms with Crippen LogP contribution in [0.15, 0.2) is 22.2 Å². The predicted octanol–water partition coefficient (Wildman–Crippen LogP) is 1.13. The van der Waals surface area contributed by atoms with Crippen molar-refractivity contribution in [2.75, 3.05) is 6.54 Å². The van der Waals surface area contributed by atoms with Gasteiger partial charge in [0, 0.05) is 35.7 Å². The number of hydrogen-bond donors (Lipinski definition) is 2. The number of nitrogens with zero attached hydrogens (tertiary/aromatic N) is 3. The summed E-state index contributed by atoms with van der Waals surface area (Å²) in [7, 11) is 0. The molecule has 0 radical (unpaired) electrons. The summed E-state index contributed by atoms with van der Waals surface area (Å²) in [6.45, 7) is 0.304. The number of pyridine rings is 1. The van der Waals surface area contributed by atoms with Crippen molar-refractivity contribution in [1.82, 2.24) is 4.98 Å². The number of rotatable bonds is 2. The van der Waals surface area contributed by atoms with Crippen LogP contribution in [0.3, 0.4) is 0 Å². The van der Waals surface area contributed by atoms with E-state index in [0.29, 0.717) is 18.5 Å². The van der Waals surface area contributed by atoms with Crippen LogP contribution in [-0.2, 0) is 0 Å². The molecule has 0 fully saturated rings. The van der Waals surface area contributed by atoms with E-state index >= 15 is 0 Å². The molecule has 76 valence electrons. The van der Waals surface area contributed by atoms with Crippen LogP contribution in [0.4, 0.5) is 0 Å². The summed E-state index contributed by atoms with van der Waals surface area (Å²) in [6.07, 6.45) is 1.84. The van der Waals surface area contributed by atoms with Crippen molar-refractivity contribution in [2.45, 2.75) is 6.42 Å². The Labute approximate surface area is 85.2 Å². The molecule has 0 saturated carbocycles.